The Hall–Kier alpha value is -0.730. The van der Waals surface area contributed by atoms with Crippen molar-refractivity contribution in [3.63, 3.8) is 0 Å². The first-order valence-electron chi connectivity index (χ1n) is 5.60. The molecule has 0 saturated heterocycles. The van der Waals surface area contributed by atoms with Crippen molar-refractivity contribution in [1.82, 2.24) is 0 Å². The summed E-state index contributed by atoms with van der Waals surface area (Å²) in [6.45, 7) is 0. The van der Waals surface area contributed by atoms with E-state index in [2.05, 4.69) is 40.2 Å². The lowest BCUT2D eigenvalue weighted by Crippen LogP contribution is -2.09. The third-order valence-electron chi connectivity index (χ3n) is 2.73. The van der Waals surface area contributed by atoms with Crippen molar-refractivity contribution in [3.05, 3.63) is 58.5 Å². The number of furan rings is 1. The van der Waals surface area contributed by atoms with Gasteiger partial charge in [-0.25, -0.2) is 0 Å². The SMILES string of the molecule is ClCC(Cc1ccc(Br)cc1)Cc1ccco1. The highest BCUT2D eigenvalue weighted by molar-refractivity contribution is 9.10. The van der Waals surface area contributed by atoms with Crippen LogP contribution >= 0.6 is 27.5 Å². The van der Waals surface area contributed by atoms with Crippen LogP contribution in [-0.2, 0) is 12.8 Å². The summed E-state index contributed by atoms with van der Waals surface area (Å²) in [6.07, 6.45) is 3.59. The van der Waals surface area contributed by atoms with Gasteiger partial charge < -0.3 is 4.42 Å². The first kappa shape index (κ1) is 12.7. The van der Waals surface area contributed by atoms with Crippen LogP contribution in [-0.4, -0.2) is 5.88 Å². The summed E-state index contributed by atoms with van der Waals surface area (Å²) >= 11 is 9.45. The molecule has 17 heavy (non-hydrogen) atoms. The van der Waals surface area contributed by atoms with Gasteiger partial charge in [0.15, 0.2) is 0 Å². The minimum Gasteiger partial charge on any atom is -0.469 e. The third-order valence-corrected chi connectivity index (χ3v) is 3.69. The van der Waals surface area contributed by atoms with Crippen molar-refractivity contribution >= 4 is 27.5 Å². The van der Waals surface area contributed by atoms with Gasteiger partial charge in [0, 0.05) is 16.8 Å². The lowest BCUT2D eigenvalue weighted by Gasteiger charge is -2.12. The van der Waals surface area contributed by atoms with Gasteiger partial charge in [-0.1, -0.05) is 28.1 Å². The molecule has 1 heterocycles. The van der Waals surface area contributed by atoms with Gasteiger partial charge in [0.25, 0.3) is 0 Å². The molecule has 2 rings (SSSR count). The number of hydrogen-bond donors (Lipinski definition) is 0. The number of halogens is 2. The molecule has 1 nitrogen and oxygen atoms in total. The molecule has 0 bridgehead atoms. The fourth-order valence-corrected chi connectivity index (χ4v) is 2.33. The van der Waals surface area contributed by atoms with Gasteiger partial charge in [0.05, 0.1) is 6.26 Å². The molecular weight excluding hydrogens is 300 g/mol. The summed E-state index contributed by atoms with van der Waals surface area (Å²) in [6, 6.07) is 12.3. The molecule has 2 aromatic rings. The Morgan fingerprint density at radius 2 is 1.88 bits per heavy atom. The highest BCUT2D eigenvalue weighted by Gasteiger charge is 2.11. The molecule has 1 atom stereocenters. The molecule has 0 N–H and O–H groups in total. The van der Waals surface area contributed by atoms with Gasteiger partial charge in [0.2, 0.25) is 0 Å². The van der Waals surface area contributed by atoms with E-state index in [9.17, 15) is 0 Å². The molecule has 90 valence electrons. The maximum Gasteiger partial charge on any atom is 0.104 e. The zero-order valence-electron chi connectivity index (χ0n) is 9.40. The van der Waals surface area contributed by atoms with E-state index in [0.717, 1.165) is 23.1 Å². The summed E-state index contributed by atoms with van der Waals surface area (Å²) in [5.74, 6) is 2.08. The van der Waals surface area contributed by atoms with Crippen LogP contribution < -0.4 is 0 Å². The zero-order chi connectivity index (χ0) is 12.1. The lowest BCUT2D eigenvalue weighted by atomic mass is 9.97. The Morgan fingerprint density at radius 1 is 1.12 bits per heavy atom. The monoisotopic (exact) mass is 312 g/mol. The first-order valence-corrected chi connectivity index (χ1v) is 6.93. The average molecular weight is 314 g/mol. The number of benzene rings is 1. The smallest absolute Gasteiger partial charge is 0.104 e. The summed E-state index contributed by atoms with van der Waals surface area (Å²) < 4.78 is 6.46. The molecule has 0 fully saturated rings. The molecule has 0 spiro atoms. The molecular formula is C14H14BrClO. The molecule has 0 amide bonds. The highest BCUT2D eigenvalue weighted by atomic mass is 79.9. The Bertz CT molecular complexity index is 436. The van der Waals surface area contributed by atoms with Crippen LogP contribution in [0.1, 0.15) is 11.3 Å². The zero-order valence-corrected chi connectivity index (χ0v) is 11.7. The fourth-order valence-electron chi connectivity index (χ4n) is 1.85. The first-order chi connectivity index (χ1) is 8.28. The maximum absolute atomic E-state index is 6.01. The van der Waals surface area contributed by atoms with Crippen LogP contribution in [0.3, 0.4) is 0 Å². The Kier molecular flexibility index (Phi) is 4.69. The molecule has 0 radical (unpaired) electrons. The molecule has 1 aromatic heterocycles. The maximum atomic E-state index is 6.01. The van der Waals surface area contributed by atoms with E-state index >= 15 is 0 Å². The Labute approximate surface area is 115 Å². The molecule has 0 aliphatic heterocycles. The average Bonchev–Trinajstić information content (AvgIpc) is 2.84. The molecule has 1 unspecified atom stereocenters. The van der Waals surface area contributed by atoms with E-state index in [0.29, 0.717) is 11.8 Å². The van der Waals surface area contributed by atoms with Crippen LogP contribution in [0, 0.1) is 5.92 Å². The number of alkyl halides is 1. The largest absolute Gasteiger partial charge is 0.469 e. The van der Waals surface area contributed by atoms with Crippen LogP contribution in [0.15, 0.2) is 51.6 Å². The second kappa shape index (κ2) is 6.27. The van der Waals surface area contributed by atoms with Crippen molar-refractivity contribution in [2.75, 3.05) is 5.88 Å². The van der Waals surface area contributed by atoms with E-state index in [4.69, 9.17) is 16.0 Å². The fraction of sp³-hybridized carbons (Fsp3) is 0.286. The van der Waals surface area contributed by atoms with E-state index in [-0.39, 0.29) is 0 Å². The standard InChI is InChI=1S/C14H14BrClO/c15-13-5-3-11(4-6-13)8-12(10-16)9-14-2-1-7-17-14/h1-7,12H,8-10H2. The minimum atomic E-state index is 0.420. The van der Waals surface area contributed by atoms with Gasteiger partial charge in [-0.3, -0.25) is 0 Å². The van der Waals surface area contributed by atoms with E-state index in [1.807, 2.05) is 12.1 Å². The summed E-state index contributed by atoms with van der Waals surface area (Å²) in [5, 5.41) is 0. The van der Waals surface area contributed by atoms with Gasteiger partial charge >= 0.3 is 0 Å². The molecule has 0 aliphatic rings. The van der Waals surface area contributed by atoms with Crippen molar-refractivity contribution in [2.45, 2.75) is 12.8 Å². The quantitative estimate of drug-likeness (QED) is 0.730. The lowest BCUT2D eigenvalue weighted by molar-refractivity contribution is 0.458. The van der Waals surface area contributed by atoms with Crippen molar-refractivity contribution < 1.29 is 4.42 Å². The third kappa shape index (κ3) is 3.90. The normalized spacial score (nSPS) is 12.6. The number of hydrogen-bond acceptors (Lipinski definition) is 1. The van der Waals surface area contributed by atoms with Crippen LogP contribution in [0.25, 0.3) is 0 Å². The van der Waals surface area contributed by atoms with Crippen LogP contribution in [0.2, 0.25) is 0 Å². The van der Waals surface area contributed by atoms with Crippen molar-refractivity contribution in [1.29, 1.82) is 0 Å². The summed E-state index contributed by atoms with van der Waals surface area (Å²) in [5.41, 5.74) is 1.31. The highest BCUT2D eigenvalue weighted by Crippen LogP contribution is 2.18. The Balaban J connectivity index is 1.97. The van der Waals surface area contributed by atoms with Crippen molar-refractivity contribution in [3.8, 4) is 0 Å². The predicted molar refractivity (Wildman–Crippen MR) is 74.5 cm³/mol. The topological polar surface area (TPSA) is 13.1 Å². The van der Waals surface area contributed by atoms with E-state index < -0.39 is 0 Å². The van der Waals surface area contributed by atoms with Gasteiger partial charge in [-0.05, 0) is 42.2 Å². The number of rotatable bonds is 5. The van der Waals surface area contributed by atoms with Crippen LogP contribution in [0.5, 0.6) is 0 Å². The van der Waals surface area contributed by atoms with Gasteiger partial charge in [-0.15, -0.1) is 11.6 Å². The molecule has 0 saturated carbocycles. The second-order valence-electron chi connectivity index (χ2n) is 4.13. The van der Waals surface area contributed by atoms with Gasteiger partial charge in [-0.2, -0.15) is 0 Å². The minimum absolute atomic E-state index is 0.420. The Morgan fingerprint density at radius 3 is 2.47 bits per heavy atom. The van der Waals surface area contributed by atoms with E-state index in [1.54, 1.807) is 6.26 Å². The predicted octanol–water partition coefficient (Wildman–Crippen LogP) is 4.68. The second-order valence-corrected chi connectivity index (χ2v) is 5.36. The van der Waals surface area contributed by atoms with Crippen molar-refractivity contribution in [2.24, 2.45) is 5.92 Å². The molecule has 0 aliphatic carbocycles. The summed E-state index contributed by atoms with van der Waals surface area (Å²) in [7, 11) is 0. The molecule has 1 aromatic carbocycles. The van der Waals surface area contributed by atoms with Crippen LogP contribution in [0.4, 0.5) is 0 Å². The van der Waals surface area contributed by atoms with Gasteiger partial charge in [0.1, 0.15) is 5.76 Å². The summed E-state index contributed by atoms with van der Waals surface area (Å²) in [4.78, 5) is 0. The molecule has 3 heteroatoms. The van der Waals surface area contributed by atoms with E-state index in [1.165, 1.54) is 5.56 Å².